The second kappa shape index (κ2) is 6.37. The number of nitrogens with one attached hydrogen (secondary N) is 1. The van der Waals surface area contributed by atoms with Gasteiger partial charge in [0.2, 0.25) is 0 Å². The van der Waals surface area contributed by atoms with Crippen molar-refractivity contribution < 1.29 is 10.2 Å². The fourth-order valence-electron chi connectivity index (χ4n) is 1.95. The standard InChI is InChI=1S/C14H18ClN3O2/c1-8(16)11-5-9-3-2-4-12(15)13(9)18-14(11)17-6-10(20)7-19/h2-5,8,10,19-20H,6-7,16H2,1H3,(H,17,18)/t8-,10-/m0/s1. The number of pyridine rings is 1. The van der Waals surface area contributed by atoms with Gasteiger partial charge in [0.25, 0.3) is 0 Å². The molecule has 1 heterocycles. The summed E-state index contributed by atoms with van der Waals surface area (Å²) in [5.41, 5.74) is 7.48. The third kappa shape index (κ3) is 3.19. The summed E-state index contributed by atoms with van der Waals surface area (Å²) < 4.78 is 0. The van der Waals surface area contributed by atoms with Gasteiger partial charge in [-0.05, 0) is 19.1 Å². The molecule has 0 aliphatic carbocycles. The summed E-state index contributed by atoms with van der Waals surface area (Å²) >= 11 is 6.14. The van der Waals surface area contributed by atoms with Crippen molar-refractivity contribution in [2.24, 2.45) is 5.73 Å². The molecule has 0 saturated carbocycles. The molecule has 0 saturated heterocycles. The van der Waals surface area contributed by atoms with Crippen molar-refractivity contribution >= 4 is 28.3 Å². The number of nitrogens with zero attached hydrogens (tertiary/aromatic N) is 1. The number of benzene rings is 1. The van der Waals surface area contributed by atoms with Gasteiger partial charge < -0.3 is 21.3 Å². The van der Waals surface area contributed by atoms with Gasteiger partial charge in [-0.1, -0.05) is 23.7 Å². The summed E-state index contributed by atoms with van der Waals surface area (Å²) in [6.45, 7) is 1.75. The van der Waals surface area contributed by atoms with Gasteiger partial charge in [-0.2, -0.15) is 0 Å². The monoisotopic (exact) mass is 295 g/mol. The number of hydrogen-bond acceptors (Lipinski definition) is 5. The van der Waals surface area contributed by atoms with Crippen LogP contribution < -0.4 is 11.1 Å². The number of fused-ring (bicyclic) bond motifs is 1. The Morgan fingerprint density at radius 1 is 1.45 bits per heavy atom. The van der Waals surface area contributed by atoms with Crippen molar-refractivity contribution in [1.82, 2.24) is 4.98 Å². The summed E-state index contributed by atoms with van der Waals surface area (Å²) in [5, 5.41) is 22.7. The number of rotatable bonds is 5. The first-order chi connectivity index (χ1) is 9.52. The molecule has 1 aromatic carbocycles. The second-order valence-corrected chi connectivity index (χ2v) is 5.15. The van der Waals surface area contributed by atoms with Gasteiger partial charge in [0.05, 0.1) is 23.3 Å². The minimum Gasteiger partial charge on any atom is -0.394 e. The Hall–Kier alpha value is -1.40. The molecule has 2 aromatic rings. The SMILES string of the molecule is C[C@H](N)c1cc2cccc(Cl)c2nc1NC[C@H](O)CO. The van der Waals surface area contributed by atoms with Crippen molar-refractivity contribution in [2.45, 2.75) is 19.1 Å². The number of anilines is 1. The molecule has 1 aromatic heterocycles. The van der Waals surface area contributed by atoms with Gasteiger partial charge in [0.15, 0.2) is 0 Å². The van der Waals surface area contributed by atoms with E-state index in [4.69, 9.17) is 22.4 Å². The van der Waals surface area contributed by atoms with E-state index in [9.17, 15) is 5.11 Å². The zero-order valence-corrected chi connectivity index (χ0v) is 11.9. The van der Waals surface area contributed by atoms with Crippen molar-refractivity contribution in [1.29, 1.82) is 0 Å². The van der Waals surface area contributed by atoms with Crippen molar-refractivity contribution in [3.8, 4) is 0 Å². The molecule has 0 aliphatic rings. The highest BCUT2D eigenvalue weighted by Crippen LogP contribution is 2.28. The highest BCUT2D eigenvalue weighted by molar-refractivity contribution is 6.35. The average molecular weight is 296 g/mol. The van der Waals surface area contributed by atoms with E-state index < -0.39 is 6.10 Å². The van der Waals surface area contributed by atoms with Crippen LogP contribution in [0.25, 0.3) is 10.9 Å². The summed E-state index contributed by atoms with van der Waals surface area (Å²) in [6, 6.07) is 7.29. The van der Waals surface area contributed by atoms with Gasteiger partial charge >= 0.3 is 0 Å². The van der Waals surface area contributed by atoms with Crippen molar-refractivity contribution in [3.63, 3.8) is 0 Å². The summed E-state index contributed by atoms with van der Waals surface area (Å²) in [6.07, 6.45) is -0.848. The van der Waals surface area contributed by atoms with Gasteiger partial charge in [-0.25, -0.2) is 4.98 Å². The zero-order valence-electron chi connectivity index (χ0n) is 11.2. The molecule has 5 N–H and O–H groups in total. The Morgan fingerprint density at radius 2 is 2.20 bits per heavy atom. The normalized spacial score (nSPS) is 14.2. The first-order valence-electron chi connectivity index (χ1n) is 6.40. The van der Waals surface area contributed by atoms with Crippen LogP contribution in [0.1, 0.15) is 18.5 Å². The Kier molecular flexibility index (Phi) is 4.77. The quantitative estimate of drug-likeness (QED) is 0.673. The fourth-order valence-corrected chi connectivity index (χ4v) is 2.17. The Balaban J connectivity index is 2.44. The molecule has 0 fully saturated rings. The zero-order chi connectivity index (χ0) is 14.7. The van der Waals surface area contributed by atoms with E-state index in [0.717, 1.165) is 10.9 Å². The van der Waals surface area contributed by atoms with Crippen LogP contribution in [0.4, 0.5) is 5.82 Å². The molecule has 108 valence electrons. The molecule has 6 heteroatoms. The number of hydrogen-bond donors (Lipinski definition) is 4. The summed E-state index contributed by atoms with van der Waals surface area (Å²) in [7, 11) is 0. The fraction of sp³-hybridized carbons (Fsp3) is 0.357. The van der Waals surface area contributed by atoms with Crippen LogP contribution in [0.5, 0.6) is 0 Å². The third-order valence-electron chi connectivity index (χ3n) is 3.03. The van der Waals surface area contributed by atoms with Crippen molar-refractivity contribution in [3.05, 3.63) is 34.9 Å². The van der Waals surface area contributed by atoms with Gasteiger partial charge in [-0.3, -0.25) is 0 Å². The van der Waals surface area contributed by atoms with Crippen LogP contribution in [0, 0.1) is 0 Å². The lowest BCUT2D eigenvalue weighted by Crippen LogP contribution is -2.24. The molecule has 0 aliphatic heterocycles. The molecule has 0 unspecified atom stereocenters. The van der Waals surface area contributed by atoms with Crippen LogP contribution in [0.2, 0.25) is 5.02 Å². The molecule has 0 bridgehead atoms. The lowest BCUT2D eigenvalue weighted by molar-refractivity contribution is 0.105. The predicted octanol–water partition coefficient (Wildman–Crippen LogP) is 1.67. The molecular formula is C14H18ClN3O2. The number of aliphatic hydroxyl groups excluding tert-OH is 2. The molecule has 2 rings (SSSR count). The minimum absolute atomic E-state index is 0.194. The average Bonchev–Trinajstić information content (AvgIpc) is 2.44. The smallest absolute Gasteiger partial charge is 0.131 e. The maximum absolute atomic E-state index is 9.42. The molecule has 0 radical (unpaired) electrons. The molecule has 5 nitrogen and oxygen atoms in total. The van der Waals surface area contributed by atoms with Gasteiger partial charge in [-0.15, -0.1) is 0 Å². The summed E-state index contributed by atoms with van der Waals surface area (Å²) in [4.78, 5) is 4.49. The number of nitrogens with two attached hydrogens (primary N) is 1. The van der Waals surface area contributed by atoms with Gasteiger partial charge in [0.1, 0.15) is 5.82 Å². The van der Waals surface area contributed by atoms with Crippen LogP contribution >= 0.6 is 11.6 Å². The molecule has 0 amide bonds. The lowest BCUT2D eigenvalue weighted by Gasteiger charge is -2.16. The molecule has 20 heavy (non-hydrogen) atoms. The summed E-state index contributed by atoms with van der Waals surface area (Å²) in [5.74, 6) is 0.577. The van der Waals surface area contributed by atoms with Crippen LogP contribution in [-0.2, 0) is 0 Å². The van der Waals surface area contributed by atoms with E-state index in [-0.39, 0.29) is 19.2 Å². The highest BCUT2D eigenvalue weighted by atomic mass is 35.5. The topological polar surface area (TPSA) is 91.4 Å². The van der Waals surface area contributed by atoms with Crippen LogP contribution in [0.3, 0.4) is 0 Å². The Labute approximate surface area is 122 Å². The van der Waals surface area contributed by atoms with E-state index in [1.165, 1.54) is 0 Å². The lowest BCUT2D eigenvalue weighted by atomic mass is 10.1. The minimum atomic E-state index is -0.848. The number of para-hydroxylation sites is 1. The predicted molar refractivity (Wildman–Crippen MR) is 80.9 cm³/mol. The van der Waals surface area contributed by atoms with E-state index in [1.807, 2.05) is 25.1 Å². The number of aliphatic hydroxyl groups is 2. The van der Waals surface area contributed by atoms with E-state index in [1.54, 1.807) is 6.07 Å². The maximum atomic E-state index is 9.42. The Morgan fingerprint density at radius 3 is 2.85 bits per heavy atom. The number of halogens is 1. The third-order valence-corrected chi connectivity index (χ3v) is 3.34. The highest BCUT2D eigenvalue weighted by Gasteiger charge is 2.13. The Bertz CT molecular complexity index is 604. The maximum Gasteiger partial charge on any atom is 0.131 e. The van der Waals surface area contributed by atoms with Crippen LogP contribution in [0.15, 0.2) is 24.3 Å². The number of aromatic nitrogens is 1. The first kappa shape index (κ1) is 15.0. The first-order valence-corrected chi connectivity index (χ1v) is 6.78. The molecule has 0 spiro atoms. The van der Waals surface area contributed by atoms with Crippen LogP contribution in [-0.4, -0.2) is 34.5 Å². The second-order valence-electron chi connectivity index (χ2n) is 4.74. The van der Waals surface area contributed by atoms with E-state index >= 15 is 0 Å². The largest absolute Gasteiger partial charge is 0.394 e. The van der Waals surface area contributed by atoms with Crippen molar-refractivity contribution in [2.75, 3.05) is 18.5 Å². The molecular weight excluding hydrogens is 278 g/mol. The molecule has 2 atom stereocenters. The van der Waals surface area contributed by atoms with Gasteiger partial charge in [0, 0.05) is 23.5 Å². The van der Waals surface area contributed by atoms with E-state index in [2.05, 4.69) is 10.3 Å². The van der Waals surface area contributed by atoms with E-state index in [0.29, 0.717) is 16.4 Å².